The maximum Gasteiger partial charge on any atom is 0.227 e. The van der Waals surface area contributed by atoms with Crippen molar-refractivity contribution in [3.63, 3.8) is 0 Å². The van der Waals surface area contributed by atoms with E-state index in [-0.39, 0.29) is 17.9 Å². The average molecular weight is 256 g/mol. The summed E-state index contributed by atoms with van der Waals surface area (Å²) in [5.41, 5.74) is 0. The van der Waals surface area contributed by atoms with Gasteiger partial charge in [-0.2, -0.15) is 0 Å². The molecular weight excluding hydrogens is 228 g/mol. The molecule has 0 aromatic rings. The molecule has 4 nitrogen and oxygen atoms in total. The summed E-state index contributed by atoms with van der Waals surface area (Å²) < 4.78 is 5.38. The lowest BCUT2D eigenvalue weighted by atomic mass is 10.00. The number of hydrogen-bond donors (Lipinski definition) is 2. The Morgan fingerprint density at radius 2 is 2.06 bits per heavy atom. The van der Waals surface area contributed by atoms with Gasteiger partial charge in [-0.3, -0.25) is 4.79 Å². The smallest absolute Gasteiger partial charge is 0.227 e. The van der Waals surface area contributed by atoms with Crippen LogP contribution in [0.25, 0.3) is 0 Å². The average Bonchev–Trinajstić information content (AvgIpc) is 2.84. The van der Waals surface area contributed by atoms with E-state index in [1.807, 2.05) is 7.05 Å². The third-order valence-electron chi connectivity index (χ3n) is 3.68. The molecule has 3 atom stereocenters. The van der Waals surface area contributed by atoms with Crippen LogP contribution in [0.2, 0.25) is 0 Å². The van der Waals surface area contributed by atoms with Gasteiger partial charge in [0.05, 0.1) is 19.1 Å². The Labute approximate surface area is 111 Å². The van der Waals surface area contributed by atoms with Crippen LogP contribution in [-0.2, 0) is 9.53 Å². The van der Waals surface area contributed by atoms with E-state index in [2.05, 4.69) is 24.5 Å². The van der Waals surface area contributed by atoms with Gasteiger partial charge in [-0.15, -0.1) is 0 Å². The third-order valence-corrected chi connectivity index (χ3v) is 3.68. The number of hydrogen-bond acceptors (Lipinski definition) is 3. The van der Waals surface area contributed by atoms with Crippen molar-refractivity contribution in [3.05, 3.63) is 0 Å². The van der Waals surface area contributed by atoms with E-state index in [1.54, 1.807) is 0 Å². The van der Waals surface area contributed by atoms with Gasteiger partial charge in [-0.25, -0.2) is 0 Å². The van der Waals surface area contributed by atoms with Crippen LogP contribution in [0.15, 0.2) is 0 Å². The fourth-order valence-electron chi connectivity index (χ4n) is 2.49. The van der Waals surface area contributed by atoms with Gasteiger partial charge in [-0.05, 0) is 19.9 Å². The predicted octanol–water partition coefficient (Wildman–Crippen LogP) is 1.70. The molecule has 1 heterocycles. The summed E-state index contributed by atoms with van der Waals surface area (Å²) in [5, 5.41) is 6.36. The summed E-state index contributed by atoms with van der Waals surface area (Å²) in [7, 11) is 1.89. The molecule has 0 aromatic heterocycles. The van der Waals surface area contributed by atoms with Crippen molar-refractivity contribution < 1.29 is 9.53 Å². The molecular formula is C14H28N2O2. The van der Waals surface area contributed by atoms with Gasteiger partial charge in [0.25, 0.3) is 0 Å². The zero-order valence-electron chi connectivity index (χ0n) is 12.0. The first-order valence-corrected chi connectivity index (χ1v) is 7.28. The van der Waals surface area contributed by atoms with Crippen LogP contribution in [0.1, 0.15) is 46.0 Å². The van der Waals surface area contributed by atoms with Crippen molar-refractivity contribution in [2.24, 2.45) is 5.92 Å². The Kier molecular flexibility index (Phi) is 7.28. The van der Waals surface area contributed by atoms with Gasteiger partial charge < -0.3 is 15.4 Å². The lowest BCUT2D eigenvalue weighted by Crippen LogP contribution is -2.46. The first-order valence-electron chi connectivity index (χ1n) is 7.28. The summed E-state index contributed by atoms with van der Waals surface area (Å²) in [4.78, 5) is 12.2. The Morgan fingerprint density at radius 1 is 1.28 bits per heavy atom. The highest BCUT2D eigenvalue weighted by molar-refractivity contribution is 5.80. The van der Waals surface area contributed by atoms with Crippen molar-refractivity contribution in [1.29, 1.82) is 0 Å². The van der Waals surface area contributed by atoms with Gasteiger partial charge in [-0.1, -0.05) is 33.1 Å². The molecule has 3 unspecified atom stereocenters. The van der Waals surface area contributed by atoms with Crippen molar-refractivity contribution in [3.8, 4) is 0 Å². The molecule has 1 saturated heterocycles. The highest BCUT2D eigenvalue weighted by Crippen LogP contribution is 2.15. The molecule has 0 saturated carbocycles. The molecule has 2 N–H and O–H groups in total. The highest BCUT2D eigenvalue weighted by Gasteiger charge is 2.33. The van der Waals surface area contributed by atoms with Crippen LogP contribution < -0.4 is 10.6 Å². The second kappa shape index (κ2) is 8.48. The normalized spacial score (nSPS) is 25.1. The lowest BCUT2D eigenvalue weighted by molar-refractivity contribution is -0.126. The Hall–Kier alpha value is -0.610. The molecule has 1 fully saturated rings. The topological polar surface area (TPSA) is 50.4 Å². The minimum atomic E-state index is -0.0315. The molecule has 106 valence electrons. The lowest BCUT2D eigenvalue weighted by Gasteiger charge is -2.22. The fraction of sp³-hybridized carbons (Fsp3) is 0.929. The van der Waals surface area contributed by atoms with Gasteiger partial charge in [0.1, 0.15) is 0 Å². The van der Waals surface area contributed by atoms with E-state index >= 15 is 0 Å². The third kappa shape index (κ3) is 4.58. The first kappa shape index (κ1) is 15.4. The molecule has 1 aliphatic heterocycles. The maximum atomic E-state index is 12.2. The van der Waals surface area contributed by atoms with Crippen LogP contribution in [0.4, 0.5) is 0 Å². The Morgan fingerprint density at radius 3 is 2.67 bits per heavy atom. The summed E-state index contributed by atoms with van der Waals surface area (Å²) in [6, 6.07) is 0.499. The van der Waals surface area contributed by atoms with Crippen LogP contribution in [0, 0.1) is 5.92 Å². The molecule has 0 aromatic carbocycles. The van der Waals surface area contributed by atoms with Crippen molar-refractivity contribution in [1.82, 2.24) is 10.6 Å². The number of amides is 1. The van der Waals surface area contributed by atoms with Crippen LogP contribution in [0.3, 0.4) is 0 Å². The summed E-state index contributed by atoms with van der Waals surface area (Å²) in [5.74, 6) is 0.123. The maximum absolute atomic E-state index is 12.2. The molecule has 1 rings (SSSR count). The van der Waals surface area contributed by atoms with Crippen LogP contribution >= 0.6 is 0 Å². The number of likely N-dealkylation sites (N-methyl/N-ethyl adjacent to an activating group) is 1. The predicted molar refractivity (Wildman–Crippen MR) is 73.5 cm³/mol. The van der Waals surface area contributed by atoms with Gasteiger partial charge in [0.2, 0.25) is 5.91 Å². The van der Waals surface area contributed by atoms with Crippen LogP contribution in [0.5, 0.6) is 0 Å². The van der Waals surface area contributed by atoms with Gasteiger partial charge in [0, 0.05) is 12.1 Å². The Bertz CT molecular complexity index is 246. The van der Waals surface area contributed by atoms with Crippen molar-refractivity contribution >= 4 is 5.91 Å². The second-order valence-corrected chi connectivity index (χ2v) is 5.18. The molecule has 1 amide bonds. The number of unbranched alkanes of at least 4 members (excludes halogenated alkanes) is 1. The van der Waals surface area contributed by atoms with E-state index < -0.39 is 0 Å². The summed E-state index contributed by atoms with van der Waals surface area (Å²) in [6.45, 7) is 5.54. The van der Waals surface area contributed by atoms with E-state index in [0.29, 0.717) is 19.3 Å². The Balaban J connectivity index is 2.43. The minimum Gasteiger partial charge on any atom is -0.379 e. The number of carbonyl (C=O) groups excluding carboxylic acids is 1. The fourth-order valence-corrected chi connectivity index (χ4v) is 2.49. The summed E-state index contributed by atoms with van der Waals surface area (Å²) in [6.07, 6.45) is 5.64. The zero-order valence-corrected chi connectivity index (χ0v) is 12.0. The largest absolute Gasteiger partial charge is 0.379 e. The monoisotopic (exact) mass is 256 g/mol. The molecule has 0 aliphatic carbocycles. The number of carbonyl (C=O) groups is 1. The summed E-state index contributed by atoms with van der Waals surface area (Å²) >= 11 is 0. The van der Waals surface area contributed by atoms with Crippen LogP contribution in [-0.4, -0.2) is 38.3 Å². The van der Waals surface area contributed by atoms with E-state index in [4.69, 9.17) is 4.74 Å². The van der Waals surface area contributed by atoms with Crippen molar-refractivity contribution in [2.45, 2.75) is 58.0 Å². The van der Waals surface area contributed by atoms with Gasteiger partial charge >= 0.3 is 0 Å². The highest BCUT2D eigenvalue weighted by atomic mass is 16.5. The number of rotatable bonds is 8. The number of ether oxygens (including phenoxy) is 1. The number of nitrogens with one attached hydrogen (secondary N) is 2. The SMILES string of the molecule is CCCCC(CCC)NC(=O)C1COCC1NC. The van der Waals surface area contributed by atoms with E-state index in [9.17, 15) is 4.79 Å². The second-order valence-electron chi connectivity index (χ2n) is 5.18. The molecule has 0 bridgehead atoms. The van der Waals surface area contributed by atoms with E-state index in [1.165, 1.54) is 12.8 Å². The van der Waals surface area contributed by atoms with E-state index in [0.717, 1.165) is 19.3 Å². The quantitative estimate of drug-likeness (QED) is 0.695. The first-order chi connectivity index (χ1) is 8.72. The van der Waals surface area contributed by atoms with Crippen molar-refractivity contribution in [2.75, 3.05) is 20.3 Å². The zero-order chi connectivity index (χ0) is 13.4. The molecule has 1 aliphatic rings. The molecule has 18 heavy (non-hydrogen) atoms. The minimum absolute atomic E-state index is 0.0315. The molecule has 0 spiro atoms. The standard InChI is InChI=1S/C14H28N2O2/c1-4-6-8-11(7-5-2)16-14(17)12-9-18-10-13(12)15-3/h11-13,15H,4-10H2,1-3H3,(H,16,17). The molecule has 4 heteroatoms. The molecule has 0 radical (unpaired) electrons. The van der Waals surface area contributed by atoms with Gasteiger partial charge in [0.15, 0.2) is 0 Å².